The number of hydrogen-bond donors (Lipinski definition) is 0. The predicted molar refractivity (Wildman–Crippen MR) is 157 cm³/mol. The monoisotopic (exact) mass is 592 g/mol. The highest BCUT2D eigenvalue weighted by Gasteiger charge is 2.34. The molecule has 0 amide bonds. The van der Waals surface area contributed by atoms with Crippen LogP contribution in [0.5, 0.6) is 0 Å². The van der Waals surface area contributed by atoms with Crippen LogP contribution in [0.4, 0.5) is 0 Å². The first-order valence-electron chi connectivity index (χ1n) is 16.1. The molecule has 42 heavy (non-hydrogen) atoms. The van der Waals surface area contributed by atoms with Crippen molar-refractivity contribution < 1.29 is 42.8 Å². The fraction of sp³-hybridized carbons (Fsp3) is 0.788. The number of carbonyl (C=O) groups excluding carboxylic acids is 3. The van der Waals surface area contributed by atoms with Gasteiger partial charge in [0.1, 0.15) is 19.0 Å². The molecule has 0 spiro atoms. The van der Waals surface area contributed by atoms with Crippen LogP contribution in [0, 0.1) is 11.8 Å². The lowest BCUT2D eigenvalue weighted by molar-refractivity contribution is -0.170. The van der Waals surface area contributed by atoms with Crippen LogP contribution in [0.2, 0.25) is 0 Å². The molecular weight excluding hydrogens is 540 g/mol. The Morgan fingerprint density at radius 2 is 1.24 bits per heavy atom. The summed E-state index contributed by atoms with van der Waals surface area (Å²) < 4.78 is 34.4. The number of carbonyl (C=O) groups is 3. The molecule has 238 valence electrons. The standard InChI is InChI=1S/C33H52O9/c1-4-31(34)38-21-9-7-6-8-20-37-26-14-16-27(17-15-26)39-23-40-30-19-18-29(22-24(30)3)42-33(36)25-10-12-28(13-11-25)41-32(35)5-2/h4-5,24-30H,1-2,6-23H2,3H3. The first-order valence-corrected chi connectivity index (χ1v) is 16.1. The molecule has 3 aliphatic rings. The van der Waals surface area contributed by atoms with Gasteiger partial charge in [0.2, 0.25) is 0 Å². The van der Waals surface area contributed by atoms with Gasteiger partial charge in [-0.05, 0) is 95.8 Å². The Kier molecular flexibility index (Phi) is 15.6. The summed E-state index contributed by atoms with van der Waals surface area (Å²) in [5.41, 5.74) is 0. The molecule has 3 atom stereocenters. The maximum atomic E-state index is 12.7. The maximum Gasteiger partial charge on any atom is 0.330 e. The zero-order valence-corrected chi connectivity index (χ0v) is 25.5. The van der Waals surface area contributed by atoms with Crippen LogP contribution in [-0.4, -0.2) is 68.4 Å². The minimum absolute atomic E-state index is 0.0677. The van der Waals surface area contributed by atoms with E-state index in [0.717, 1.165) is 77.2 Å². The van der Waals surface area contributed by atoms with Crippen LogP contribution in [0.3, 0.4) is 0 Å². The summed E-state index contributed by atoms with van der Waals surface area (Å²) in [6, 6.07) is 0. The third-order valence-corrected chi connectivity index (χ3v) is 8.79. The van der Waals surface area contributed by atoms with Gasteiger partial charge in [0.25, 0.3) is 0 Å². The van der Waals surface area contributed by atoms with Crippen molar-refractivity contribution in [2.45, 2.75) is 134 Å². The average Bonchev–Trinajstić information content (AvgIpc) is 3.00. The molecule has 3 saturated carbocycles. The topological polar surface area (TPSA) is 107 Å². The number of ether oxygens (including phenoxy) is 6. The highest BCUT2D eigenvalue weighted by atomic mass is 16.7. The summed E-state index contributed by atoms with van der Waals surface area (Å²) in [7, 11) is 0. The van der Waals surface area contributed by atoms with Gasteiger partial charge in [0.15, 0.2) is 0 Å². The molecular formula is C33H52O9. The van der Waals surface area contributed by atoms with Crippen molar-refractivity contribution in [3.63, 3.8) is 0 Å². The lowest BCUT2D eigenvalue weighted by Crippen LogP contribution is -2.37. The number of rotatable bonds is 17. The summed E-state index contributed by atoms with van der Waals surface area (Å²) >= 11 is 0. The normalized spacial score (nSPS) is 29.7. The zero-order valence-electron chi connectivity index (χ0n) is 25.5. The van der Waals surface area contributed by atoms with Crippen LogP contribution in [-0.2, 0) is 42.8 Å². The maximum absolute atomic E-state index is 12.7. The molecule has 0 aromatic heterocycles. The molecule has 0 radical (unpaired) electrons. The second-order valence-corrected chi connectivity index (χ2v) is 12.0. The van der Waals surface area contributed by atoms with Gasteiger partial charge in [-0.25, -0.2) is 9.59 Å². The molecule has 0 aliphatic heterocycles. The Morgan fingerprint density at radius 3 is 1.88 bits per heavy atom. The second-order valence-electron chi connectivity index (χ2n) is 12.0. The summed E-state index contributed by atoms with van der Waals surface area (Å²) in [4.78, 5) is 35.1. The van der Waals surface area contributed by atoms with Crippen molar-refractivity contribution in [3.8, 4) is 0 Å². The molecule has 3 aliphatic carbocycles. The van der Waals surface area contributed by atoms with Crippen LogP contribution in [0.1, 0.15) is 103 Å². The van der Waals surface area contributed by atoms with Crippen molar-refractivity contribution in [3.05, 3.63) is 25.3 Å². The van der Waals surface area contributed by atoms with E-state index in [1.54, 1.807) is 0 Å². The summed E-state index contributed by atoms with van der Waals surface area (Å²) in [6.07, 6.45) is 16.0. The Hall–Kier alpha value is -2.23. The van der Waals surface area contributed by atoms with Crippen molar-refractivity contribution in [1.29, 1.82) is 0 Å². The first kappa shape index (κ1) is 34.3. The fourth-order valence-electron chi connectivity index (χ4n) is 6.19. The number of unbranched alkanes of at least 4 members (excludes halogenated alkanes) is 3. The fourth-order valence-corrected chi connectivity index (χ4v) is 6.19. The van der Waals surface area contributed by atoms with E-state index < -0.39 is 5.97 Å². The highest BCUT2D eigenvalue weighted by molar-refractivity contribution is 5.81. The van der Waals surface area contributed by atoms with E-state index >= 15 is 0 Å². The number of esters is 3. The van der Waals surface area contributed by atoms with E-state index in [-0.39, 0.29) is 42.3 Å². The van der Waals surface area contributed by atoms with Gasteiger partial charge in [-0.3, -0.25) is 4.79 Å². The first-order chi connectivity index (χ1) is 20.4. The van der Waals surface area contributed by atoms with Gasteiger partial charge >= 0.3 is 17.9 Å². The van der Waals surface area contributed by atoms with Crippen molar-refractivity contribution in [1.82, 2.24) is 0 Å². The minimum Gasteiger partial charge on any atom is -0.463 e. The van der Waals surface area contributed by atoms with Crippen LogP contribution in [0.15, 0.2) is 25.3 Å². The smallest absolute Gasteiger partial charge is 0.330 e. The molecule has 0 saturated heterocycles. The molecule has 0 aromatic rings. The third-order valence-electron chi connectivity index (χ3n) is 8.79. The molecule has 3 fully saturated rings. The van der Waals surface area contributed by atoms with Gasteiger partial charge < -0.3 is 28.4 Å². The number of hydrogen-bond acceptors (Lipinski definition) is 9. The molecule has 3 unspecified atom stereocenters. The third kappa shape index (κ3) is 12.6. The second kappa shape index (κ2) is 19.1. The molecule has 0 bridgehead atoms. The summed E-state index contributed by atoms with van der Waals surface area (Å²) in [5, 5.41) is 0. The zero-order chi connectivity index (χ0) is 30.2. The van der Waals surface area contributed by atoms with Gasteiger partial charge in [0.05, 0.1) is 30.8 Å². The highest BCUT2D eigenvalue weighted by Crippen LogP contribution is 2.32. The van der Waals surface area contributed by atoms with Gasteiger partial charge in [-0.1, -0.05) is 26.5 Å². The van der Waals surface area contributed by atoms with E-state index in [1.807, 2.05) is 0 Å². The lowest BCUT2D eigenvalue weighted by Gasteiger charge is -2.35. The minimum atomic E-state index is -0.404. The van der Waals surface area contributed by atoms with Gasteiger partial charge in [-0.15, -0.1) is 0 Å². The Balaban J connectivity index is 1.18. The Morgan fingerprint density at radius 1 is 0.643 bits per heavy atom. The van der Waals surface area contributed by atoms with E-state index in [2.05, 4.69) is 20.1 Å². The summed E-state index contributed by atoms with van der Waals surface area (Å²) in [5.74, 6) is -0.705. The summed E-state index contributed by atoms with van der Waals surface area (Å²) in [6.45, 7) is 10.5. The molecule has 0 N–H and O–H groups in total. The van der Waals surface area contributed by atoms with Crippen molar-refractivity contribution in [2.75, 3.05) is 20.0 Å². The Bertz CT molecular complexity index is 842. The van der Waals surface area contributed by atoms with E-state index in [9.17, 15) is 14.4 Å². The van der Waals surface area contributed by atoms with E-state index in [4.69, 9.17) is 28.4 Å². The van der Waals surface area contributed by atoms with E-state index in [0.29, 0.717) is 51.1 Å². The van der Waals surface area contributed by atoms with Crippen LogP contribution >= 0.6 is 0 Å². The van der Waals surface area contributed by atoms with Gasteiger partial charge in [0, 0.05) is 18.8 Å². The Labute approximate surface area is 251 Å². The molecule has 9 nitrogen and oxygen atoms in total. The van der Waals surface area contributed by atoms with Gasteiger partial charge in [-0.2, -0.15) is 0 Å². The SMILES string of the molecule is C=CC(=O)OCCCCCCOC1CCC(OCOC2CCC(OC(=O)C3CCC(OC(=O)C=C)CC3)CC2C)CC1. The van der Waals surface area contributed by atoms with Crippen LogP contribution < -0.4 is 0 Å². The van der Waals surface area contributed by atoms with Crippen molar-refractivity contribution >= 4 is 17.9 Å². The molecule has 0 aromatic carbocycles. The largest absolute Gasteiger partial charge is 0.463 e. The van der Waals surface area contributed by atoms with E-state index in [1.165, 1.54) is 12.2 Å². The molecule has 3 rings (SSSR count). The van der Waals surface area contributed by atoms with Crippen molar-refractivity contribution in [2.24, 2.45) is 11.8 Å². The molecule has 0 heterocycles. The predicted octanol–water partition coefficient (Wildman–Crippen LogP) is 5.98. The lowest BCUT2D eigenvalue weighted by atomic mass is 9.85. The average molecular weight is 593 g/mol. The quantitative estimate of drug-likeness (QED) is 0.0662. The molecule has 9 heteroatoms. The van der Waals surface area contributed by atoms with Crippen LogP contribution in [0.25, 0.3) is 0 Å².